The molecule has 0 amide bonds. The molecular weight excluding hydrogens is 258 g/mol. The van der Waals surface area contributed by atoms with Crippen LogP contribution < -0.4 is 10.2 Å². The quantitative estimate of drug-likeness (QED) is 0.789. The van der Waals surface area contributed by atoms with Crippen LogP contribution in [0.3, 0.4) is 0 Å². The van der Waals surface area contributed by atoms with E-state index in [2.05, 4.69) is 35.1 Å². The van der Waals surface area contributed by atoms with Gasteiger partial charge in [0.15, 0.2) is 0 Å². The van der Waals surface area contributed by atoms with Crippen molar-refractivity contribution in [1.29, 1.82) is 0 Å². The van der Waals surface area contributed by atoms with Crippen molar-refractivity contribution >= 4 is 17.4 Å². The zero-order chi connectivity index (χ0) is 13.7. The fraction of sp³-hybridized carbons (Fsp3) is 0.667. The summed E-state index contributed by atoms with van der Waals surface area (Å²) in [6.07, 6.45) is 6.85. The highest BCUT2D eigenvalue weighted by Gasteiger charge is 2.29. The van der Waals surface area contributed by atoms with Crippen molar-refractivity contribution in [3.63, 3.8) is 0 Å². The van der Waals surface area contributed by atoms with Crippen molar-refractivity contribution in [3.8, 4) is 0 Å². The molecule has 1 aliphatic carbocycles. The first-order chi connectivity index (χ1) is 9.26. The Hall–Kier alpha value is -0.800. The van der Waals surface area contributed by atoms with Crippen LogP contribution in [0, 0.1) is 0 Å². The summed E-state index contributed by atoms with van der Waals surface area (Å²) in [6, 6.07) is 2.85. The summed E-state index contributed by atoms with van der Waals surface area (Å²) in [4.78, 5) is 6.98. The molecule has 0 aromatic carbocycles. The van der Waals surface area contributed by atoms with E-state index in [0.29, 0.717) is 6.04 Å². The number of nitrogens with zero attached hydrogens (tertiary/aromatic N) is 2. The van der Waals surface area contributed by atoms with Gasteiger partial charge in [-0.2, -0.15) is 0 Å². The summed E-state index contributed by atoms with van der Waals surface area (Å²) in [5.74, 6) is 1.09. The van der Waals surface area contributed by atoms with E-state index in [1.165, 1.54) is 25.7 Å². The van der Waals surface area contributed by atoms with Crippen LogP contribution in [-0.4, -0.2) is 24.1 Å². The lowest BCUT2D eigenvalue weighted by Crippen LogP contribution is -2.28. The molecule has 1 heterocycles. The number of hydrogen-bond donors (Lipinski definition) is 1. The number of rotatable bonds is 8. The van der Waals surface area contributed by atoms with Gasteiger partial charge < -0.3 is 10.2 Å². The Morgan fingerprint density at radius 2 is 2.21 bits per heavy atom. The molecule has 1 fully saturated rings. The van der Waals surface area contributed by atoms with Crippen molar-refractivity contribution in [3.05, 3.63) is 22.8 Å². The van der Waals surface area contributed by atoms with Crippen LogP contribution in [-0.2, 0) is 6.54 Å². The molecule has 0 unspecified atom stereocenters. The molecule has 0 bridgehead atoms. The van der Waals surface area contributed by atoms with Gasteiger partial charge in [0.1, 0.15) is 5.82 Å². The molecule has 0 spiro atoms. The molecule has 0 atom stereocenters. The molecule has 19 heavy (non-hydrogen) atoms. The molecule has 106 valence electrons. The van der Waals surface area contributed by atoms with Crippen LogP contribution in [0.5, 0.6) is 0 Å². The summed E-state index contributed by atoms with van der Waals surface area (Å²) in [6.45, 7) is 7.22. The number of pyridine rings is 1. The Labute approximate surface area is 121 Å². The van der Waals surface area contributed by atoms with E-state index in [-0.39, 0.29) is 0 Å². The normalized spacial score (nSPS) is 14.7. The van der Waals surface area contributed by atoms with Crippen molar-refractivity contribution in [2.75, 3.05) is 18.0 Å². The first-order valence-corrected chi connectivity index (χ1v) is 7.75. The third kappa shape index (κ3) is 4.08. The van der Waals surface area contributed by atoms with E-state index in [9.17, 15) is 0 Å². The van der Waals surface area contributed by atoms with E-state index in [0.717, 1.165) is 36.0 Å². The maximum absolute atomic E-state index is 6.22. The molecule has 1 aromatic heterocycles. The van der Waals surface area contributed by atoms with Crippen molar-refractivity contribution in [1.82, 2.24) is 10.3 Å². The minimum atomic E-state index is 0.701. The van der Waals surface area contributed by atoms with Crippen LogP contribution in [0.15, 0.2) is 12.3 Å². The highest BCUT2D eigenvalue weighted by Crippen LogP contribution is 2.32. The first kappa shape index (κ1) is 14.6. The fourth-order valence-corrected chi connectivity index (χ4v) is 2.39. The summed E-state index contributed by atoms with van der Waals surface area (Å²) < 4.78 is 0. The van der Waals surface area contributed by atoms with Gasteiger partial charge in [0.25, 0.3) is 0 Å². The largest absolute Gasteiger partial charge is 0.354 e. The molecule has 1 saturated carbocycles. The summed E-state index contributed by atoms with van der Waals surface area (Å²) in [7, 11) is 0. The monoisotopic (exact) mass is 281 g/mol. The molecular formula is C15H24ClN3. The predicted molar refractivity (Wildman–Crippen MR) is 81.9 cm³/mol. The maximum Gasteiger partial charge on any atom is 0.129 e. The Morgan fingerprint density at radius 3 is 2.84 bits per heavy atom. The van der Waals surface area contributed by atoms with Gasteiger partial charge in [0.05, 0.1) is 5.02 Å². The van der Waals surface area contributed by atoms with Crippen molar-refractivity contribution in [2.24, 2.45) is 0 Å². The van der Waals surface area contributed by atoms with E-state index >= 15 is 0 Å². The number of hydrogen-bond acceptors (Lipinski definition) is 3. The molecule has 4 heteroatoms. The third-order valence-electron chi connectivity index (χ3n) is 3.52. The number of halogens is 1. The summed E-state index contributed by atoms with van der Waals surface area (Å²) >= 11 is 6.22. The minimum absolute atomic E-state index is 0.701. The molecule has 3 nitrogen and oxygen atoms in total. The van der Waals surface area contributed by atoms with Crippen LogP contribution >= 0.6 is 11.6 Å². The predicted octanol–water partition coefficient (Wildman–Crippen LogP) is 3.61. The number of nitrogens with one attached hydrogen (secondary N) is 1. The average Bonchev–Trinajstić information content (AvgIpc) is 3.24. The molecule has 1 aliphatic rings. The van der Waals surface area contributed by atoms with Gasteiger partial charge in [0.2, 0.25) is 0 Å². The van der Waals surface area contributed by atoms with Crippen molar-refractivity contribution in [2.45, 2.75) is 52.1 Å². The van der Waals surface area contributed by atoms with Crippen LogP contribution in [0.25, 0.3) is 0 Å². The smallest absolute Gasteiger partial charge is 0.129 e. The Morgan fingerprint density at radius 1 is 1.42 bits per heavy atom. The SMILES string of the molecule is CCCCN(c1cc(CNCC)c(Cl)cn1)C1CC1. The number of anilines is 1. The average molecular weight is 282 g/mol. The van der Waals surface area contributed by atoms with Crippen LogP contribution in [0.4, 0.5) is 5.82 Å². The van der Waals surface area contributed by atoms with Gasteiger partial charge >= 0.3 is 0 Å². The molecule has 2 rings (SSSR count). The highest BCUT2D eigenvalue weighted by molar-refractivity contribution is 6.31. The Bertz CT molecular complexity index is 404. The lowest BCUT2D eigenvalue weighted by atomic mass is 10.2. The second-order valence-corrected chi connectivity index (χ2v) is 5.60. The molecule has 0 aliphatic heterocycles. The van der Waals surface area contributed by atoms with Crippen molar-refractivity contribution < 1.29 is 0 Å². The number of unbranched alkanes of at least 4 members (excludes halogenated alkanes) is 1. The topological polar surface area (TPSA) is 28.2 Å². The van der Waals surface area contributed by atoms with E-state index in [1.807, 2.05) is 0 Å². The Kier molecular flexibility index (Phi) is 5.46. The second-order valence-electron chi connectivity index (χ2n) is 5.19. The van der Waals surface area contributed by atoms with Crippen LogP contribution in [0.1, 0.15) is 45.1 Å². The van der Waals surface area contributed by atoms with Gasteiger partial charge in [-0.05, 0) is 37.4 Å². The van der Waals surface area contributed by atoms with Crippen LogP contribution in [0.2, 0.25) is 5.02 Å². The molecule has 1 N–H and O–H groups in total. The maximum atomic E-state index is 6.22. The number of aromatic nitrogens is 1. The van der Waals surface area contributed by atoms with E-state index in [4.69, 9.17) is 11.6 Å². The highest BCUT2D eigenvalue weighted by atomic mass is 35.5. The molecule has 0 radical (unpaired) electrons. The molecule has 1 aromatic rings. The van der Waals surface area contributed by atoms with Gasteiger partial charge in [-0.25, -0.2) is 4.98 Å². The van der Waals surface area contributed by atoms with Gasteiger partial charge in [0, 0.05) is 25.3 Å². The molecule has 0 saturated heterocycles. The van der Waals surface area contributed by atoms with Gasteiger partial charge in [-0.3, -0.25) is 0 Å². The summed E-state index contributed by atoms with van der Waals surface area (Å²) in [5, 5.41) is 4.09. The lowest BCUT2D eigenvalue weighted by molar-refractivity contribution is 0.699. The van der Waals surface area contributed by atoms with E-state index < -0.39 is 0 Å². The summed E-state index contributed by atoms with van der Waals surface area (Å²) in [5.41, 5.74) is 1.15. The Balaban J connectivity index is 2.12. The van der Waals surface area contributed by atoms with Gasteiger partial charge in [-0.1, -0.05) is 31.9 Å². The van der Waals surface area contributed by atoms with Gasteiger partial charge in [-0.15, -0.1) is 0 Å². The standard InChI is InChI=1S/C15H24ClN3/c1-3-5-8-19(13-6-7-13)15-9-12(10-17-4-2)14(16)11-18-15/h9,11,13,17H,3-8,10H2,1-2H3. The fourth-order valence-electron chi connectivity index (χ4n) is 2.22. The third-order valence-corrected chi connectivity index (χ3v) is 3.86. The zero-order valence-electron chi connectivity index (χ0n) is 12.0. The second kappa shape index (κ2) is 7.11. The lowest BCUT2D eigenvalue weighted by Gasteiger charge is -2.24. The van der Waals surface area contributed by atoms with E-state index in [1.54, 1.807) is 6.20 Å². The minimum Gasteiger partial charge on any atom is -0.354 e. The zero-order valence-corrected chi connectivity index (χ0v) is 12.7. The first-order valence-electron chi connectivity index (χ1n) is 7.38.